The molecule has 4 aliphatic carbocycles. The van der Waals surface area contributed by atoms with Crippen molar-refractivity contribution in [1.29, 1.82) is 0 Å². The number of primary amides is 1. The van der Waals surface area contributed by atoms with Crippen molar-refractivity contribution in [2.75, 3.05) is 13.1 Å². The Morgan fingerprint density at radius 1 is 0.794 bits per heavy atom. The molecular weight excluding hydrogens is 799 g/mol. The van der Waals surface area contributed by atoms with Crippen molar-refractivity contribution >= 4 is 35.7 Å². The first-order valence-electron chi connectivity index (χ1n) is 24.9. The van der Waals surface area contributed by atoms with Crippen molar-refractivity contribution in [2.24, 2.45) is 63.9 Å². The van der Waals surface area contributed by atoms with Crippen LogP contribution >= 0.6 is 0 Å². The van der Waals surface area contributed by atoms with Gasteiger partial charge in [0, 0.05) is 13.0 Å². The van der Waals surface area contributed by atoms with Crippen LogP contribution in [0.5, 0.6) is 0 Å². The first-order valence-corrected chi connectivity index (χ1v) is 24.9. The summed E-state index contributed by atoms with van der Waals surface area (Å²) < 4.78 is 11.4. The second-order valence-electron chi connectivity index (χ2n) is 22.9. The Balaban J connectivity index is 1.12. The third-order valence-corrected chi connectivity index (χ3v) is 16.4. The zero-order valence-corrected chi connectivity index (χ0v) is 40.7. The number of hydrogen-bond acceptors (Lipinski definition) is 8. The summed E-state index contributed by atoms with van der Waals surface area (Å²) in [4.78, 5) is 80.2. The average Bonchev–Trinajstić information content (AvgIpc) is 3.82. The van der Waals surface area contributed by atoms with Crippen molar-refractivity contribution in [3.63, 3.8) is 0 Å². The number of nitrogens with zero attached hydrogens (tertiary/aromatic N) is 1. The Morgan fingerprint density at radius 2 is 1.49 bits per heavy atom. The number of rotatable bonds is 18. The number of ether oxygens (including phenoxy) is 2. The summed E-state index contributed by atoms with van der Waals surface area (Å²) in [6.07, 6.45) is 14.8. The molecule has 1 saturated heterocycles. The van der Waals surface area contributed by atoms with Gasteiger partial charge in [-0.25, -0.2) is 4.79 Å². The van der Waals surface area contributed by atoms with E-state index in [0.29, 0.717) is 30.7 Å². The second kappa shape index (κ2) is 21.3. The summed E-state index contributed by atoms with van der Waals surface area (Å²) >= 11 is 0. The van der Waals surface area contributed by atoms with E-state index in [9.17, 15) is 28.8 Å². The van der Waals surface area contributed by atoms with E-state index in [1.165, 1.54) is 62.7 Å². The Hall–Kier alpha value is -3.38. The van der Waals surface area contributed by atoms with E-state index in [2.05, 4.69) is 50.6 Å². The molecule has 358 valence electrons. The Kier molecular flexibility index (Phi) is 17.1. The molecule has 4 saturated carbocycles. The molecule has 1 heterocycles. The van der Waals surface area contributed by atoms with E-state index >= 15 is 0 Å². The van der Waals surface area contributed by atoms with E-state index < -0.39 is 59.4 Å². The van der Waals surface area contributed by atoms with Crippen LogP contribution in [-0.2, 0) is 33.4 Å². The highest BCUT2D eigenvalue weighted by Gasteiger charge is 2.60. The number of carbonyl (C=O) groups excluding carboxylic acids is 6. The fourth-order valence-electron chi connectivity index (χ4n) is 13.3. The molecule has 13 nitrogen and oxygen atoms in total. The van der Waals surface area contributed by atoms with Gasteiger partial charge in [0.25, 0.3) is 0 Å². The van der Waals surface area contributed by atoms with Crippen LogP contribution < -0.4 is 21.7 Å². The number of hydrogen-bond donors (Lipinski definition) is 4. The molecule has 13 heteroatoms. The lowest BCUT2D eigenvalue weighted by atomic mass is 9.44. The van der Waals surface area contributed by atoms with Gasteiger partial charge < -0.3 is 36.1 Å². The van der Waals surface area contributed by atoms with Crippen LogP contribution in [0.4, 0.5) is 4.79 Å². The summed E-state index contributed by atoms with van der Waals surface area (Å²) in [5, 5.41) is 8.05. The zero-order valence-electron chi connectivity index (χ0n) is 40.7. The number of amides is 5. The first kappa shape index (κ1) is 50.6. The predicted octanol–water partition coefficient (Wildman–Crippen LogP) is 7.82. The standard InChI is InChI=1S/C50H85N5O8/c1-30(2)13-11-14-32(5)36-18-19-37-35-17-16-33-28-34(22-24-49(33,9)38(35)23-25-50(36,37)10)62-43(57)29-52-45(59)41-15-12-26-55(41)46(60)40(27-31(3)4)53-44(58)39(20-21-42(51)56)54-47(61)63-48(6,7)8/h30-41H,11-29H2,1-10H3,(H2,51,56)(H,52,59)(H,53,58)(H,54,61)/t32-,33?,34?,35+,36-,37+,38+,39+,40+,41+,49+,50-/m1/s1. The van der Waals surface area contributed by atoms with E-state index in [1.807, 2.05) is 13.8 Å². The number of carbonyl (C=O) groups is 6. The van der Waals surface area contributed by atoms with Crippen LogP contribution in [-0.4, -0.2) is 83.5 Å². The number of fused-ring (bicyclic) bond motifs is 5. The van der Waals surface area contributed by atoms with E-state index in [1.54, 1.807) is 20.8 Å². The van der Waals surface area contributed by atoms with Gasteiger partial charge in [-0.15, -0.1) is 0 Å². The van der Waals surface area contributed by atoms with Crippen molar-refractivity contribution in [3.8, 4) is 0 Å². The quantitative estimate of drug-likeness (QED) is 0.100. The van der Waals surface area contributed by atoms with Gasteiger partial charge in [-0.1, -0.05) is 67.7 Å². The normalized spacial score (nSPS) is 31.8. The molecule has 5 aliphatic rings. The third kappa shape index (κ3) is 12.7. The van der Waals surface area contributed by atoms with Crippen LogP contribution in [0.15, 0.2) is 0 Å². The second-order valence-corrected chi connectivity index (χ2v) is 22.9. The molecule has 12 atom stereocenters. The Morgan fingerprint density at radius 3 is 2.16 bits per heavy atom. The van der Waals surface area contributed by atoms with Crippen molar-refractivity contribution < 1.29 is 38.2 Å². The summed E-state index contributed by atoms with van der Waals surface area (Å²) in [6, 6.07) is -3.00. The molecule has 0 radical (unpaired) electrons. The SMILES string of the molecule is CC(C)CCC[C@@H](C)[C@H]1CC[C@H]2[C@@H]3CCC4CC(OC(=O)CNC(=O)[C@@H]5CCCN5C(=O)[C@H](CC(C)C)NC(=O)[C@H](CCC(N)=O)NC(=O)OC(C)(C)C)CC[C@]4(C)[C@H]3CC[C@]12C. The molecule has 0 aromatic carbocycles. The van der Waals surface area contributed by atoms with Crippen molar-refractivity contribution in [2.45, 2.75) is 208 Å². The highest BCUT2D eigenvalue weighted by molar-refractivity contribution is 5.95. The number of nitrogens with two attached hydrogens (primary N) is 1. The molecular formula is C50H85N5O8. The highest BCUT2D eigenvalue weighted by Crippen LogP contribution is 2.68. The average molecular weight is 884 g/mol. The molecule has 5 N–H and O–H groups in total. The minimum absolute atomic E-state index is 0.00365. The van der Waals surface area contributed by atoms with Crippen LogP contribution in [0, 0.1) is 58.2 Å². The van der Waals surface area contributed by atoms with Gasteiger partial charge in [0.05, 0.1) is 0 Å². The molecule has 2 unspecified atom stereocenters. The minimum atomic E-state index is -1.19. The lowest BCUT2D eigenvalue weighted by molar-refractivity contribution is -0.162. The fraction of sp³-hybridized carbons (Fsp3) is 0.880. The molecule has 0 aromatic rings. The van der Waals surface area contributed by atoms with E-state index in [0.717, 1.165) is 54.8 Å². The van der Waals surface area contributed by atoms with Gasteiger partial charge >= 0.3 is 12.1 Å². The molecule has 1 aliphatic heterocycles. The topological polar surface area (TPSA) is 186 Å². The fourth-order valence-corrected chi connectivity index (χ4v) is 13.3. The molecule has 63 heavy (non-hydrogen) atoms. The zero-order chi connectivity index (χ0) is 46.4. The molecule has 5 fully saturated rings. The maximum absolute atomic E-state index is 14.1. The molecule has 5 amide bonds. The monoisotopic (exact) mass is 884 g/mol. The lowest BCUT2D eigenvalue weighted by Gasteiger charge is -2.61. The number of alkyl carbamates (subject to hydrolysis) is 1. The van der Waals surface area contributed by atoms with Gasteiger partial charge in [-0.3, -0.25) is 24.0 Å². The highest BCUT2D eigenvalue weighted by atomic mass is 16.6. The van der Waals surface area contributed by atoms with E-state index in [-0.39, 0.29) is 43.2 Å². The van der Waals surface area contributed by atoms with Gasteiger partial charge in [0.2, 0.25) is 23.6 Å². The third-order valence-electron chi connectivity index (χ3n) is 16.4. The van der Waals surface area contributed by atoms with Crippen LogP contribution in [0.25, 0.3) is 0 Å². The van der Waals surface area contributed by atoms with Gasteiger partial charge in [-0.2, -0.15) is 0 Å². The number of likely N-dealkylation sites (tertiary alicyclic amines) is 1. The van der Waals surface area contributed by atoms with Crippen LogP contribution in [0.3, 0.4) is 0 Å². The first-order chi connectivity index (χ1) is 29.5. The number of nitrogens with one attached hydrogen (secondary N) is 3. The number of esters is 1. The summed E-state index contributed by atoms with van der Waals surface area (Å²) in [5.41, 5.74) is 5.26. The predicted molar refractivity (Wildman–Crippen MR) is 244 cm³/mol. The Labute approximate surface area is 379 Å². The summed E-state index contributed by atoms with van der Waals surface area (Å²) in [7, 11) is 0. The smallest absolute Gasteiger partial charge is 0.408 e. The maximum atomic E-state index is 14.1. The molecule has 0 bridgehead atoms. The molecule has 0 aromatic heterocycles. The van der Waals surface area contributed by atoms with Crippen LogP contribution in [0.2, 0.25) is 0 Å². The minimum Gasteiger partial charge on any atom is -0.461 e. The summed E-state index contributed by atoms with van der Waals surface area (Å²) in [6.45, 7) is 21.4. The maximum Gasteiger partial charge on any atom is 0.408 e. The van der Waals surface area contributed by atoms with Gasteiger partial charge in [-0.05, 0) is 162 Å². The van der Waals surface area contributed by atoms with Gasteiger partial charge in [0.1, 0.15) is 36.4 Å². The lowest BCUT2D eigenvalue weighted by Crippen LogP contribution is -2.57. The van der Waals surface area contributed by atoms with Crippen molar-refractivity contribution in [1.82, 2.24) is 20.9 Å². The van der Waals surface area contributed by atoms with Crippen molar-refractivity contribution in [3.05, 3.63) is 0 Å². The molecule has 5 rings (SSSR count). The van der Waals surface area contributed by atoms with E-state index in [4.69, 9.17) is 15.2 Å². The van der Waals surface area contributed by atoms with Gasteiger partial charge in [0.15, 0.2) is 0 Å². The van der Waals surface area contributed by atoms with Crippen LogP contribution in [0.1, 0.15) is 178 Å². The summed E-state index contributed by atoms with van der Waals surface area (Å²) in [5.74, 6) is 2.70. The Bertz CT molecular complexity index is 1630. The largest absolute Gasteiger partial charge is 0.461 e. The molecule has 0 spiro atoms.